The zero-order valence-corrected chi connectivity index (χ0v) is 16.5. The third-order valence-electron chi connectivity index (χ3n) is 5.95. The third kappa shape index (κ3) is 3.85. The largest absolute Gasteiger partial charge is 0.488 e. The molecule has 1 saturated heterocycles. The first-order valence-corrected chi connectivity index (χ1v) is 9.75. The summed E-state index contributed by atoms with van der Waals surface area (Å²) in [4.78, 5) is 30.4. The van der Waals surface area contributed by atoms with Crippen molar-refractivity contribution in [3.05, 3.63) is 48.0 Å². The molecule has 2 aliphatic rings. The number of hydrogen-bond acceptors (Lipinski definition) is 6. The number of ether oxygens (including phenoxy) is 2. The molecule has 0 unspecified atom stereocenters. The first-order chi connectivity index (χ1) is 14.0. The van der Waals surface area contributed by atoms with Crippen molar-refractivity contribution < 1.29 is 24.2 Å². The van der Waals surface area contributed by atoms with E-state index in [0.29, 0.717) is 42.9 Å². The van der Waals surface area contributed by atoms with Crippen LogP contribution in [0.15, 0.2) is 36.8 Å². The van der Waals surface area contributed by atoms with E-state index < -0.39 is 12.1 Å². The first kappa shape index (κ1) is 19.4. The number of fused-ring (bicyclic) bond motifs is 1. The summed E-state index contributed by atoms with van der Waals surface area (Å²) < 4.78 is 12.5. The molecule has 4 atom stereocenters. The number of aryl methyl sites for hydroxylation is 1. The van der Waals surface area contributed by atoms with E-state index in [-0.39, 0.29) is 23.8 Å². The number of aliphatic hydroxyl groups is 1. The maximum absolute atomic E-state index is 12.8. The van der Waals surface area contributed by atoms with Crippen molar-refractivity contribution in [1.29, 1.82) is 0 Å². The summed E-state index contributed by atoms with van der Waals surface area (Å²) in [5, 5.41) is 10.6. The van der Waals surface area contributed by atoms with Crippen LogP contribution in [-0.4, -0.2) is 63.8 Å². The van der Waals surface area contributed by atoms with Gasteiger partial charge in [-0.15, -0.1) is 0 Å². The lowest BCUT2D eigenvalue weighted by atomic mass is 9.78. The number of aliphatic hydroxyl groups excluding tert-OH is 1. The Balaban J connectivity index is 1.43. The number of rotatable bonds is 4. The van der Waals surface area contributed by atoms with Crippen LogP contribution in [0.2, 0.25) is 0 Å². The van der Waals surface area contributed by atoms with Crippen LogP contribution in [0.4, 0.5) is 0 Å². The van der Waals surface area contributed by atoms with E-state index in [2.05, 4.69) is 4.98 Å². The van der Waals surface area contributed by atoms with Crippen LogP contribution >= 0.6 is 0 Å². The van der Waals surface area contributed by atoms with E-state index in [9.17, 15) is 14.7 Å². The molecule has 1 saturated carbocycles. The van der Waals surface area contributed by atoms with E-state index in [0.717, 1.165) is 0 Å². The Morgan fingerprint density at radius 3 is 2.66 bits per heavy atom. The van der Waals surface area contributed by atoms with Crippen molar-refractivity contribution in [2.45, 2.75) is 25.0 Å². The van der Waals surface area contributed by atoms with Crippen LogP contribution in [0, 0.1) is 11.8 Å². The lowest BCUT2D eigenvalue weighted by molar-refractivity contribution is -0.0231. The molecule has 8 nitrogen and oxygen atoms in total. The van der Waals surface area contributed by atoms with Crippen LogP contribution in [0.25, 0.3) is 0 Å². The number of aromatic nitrogens is 2. The maximum atomic E-state index is 12.8. The summed E-state index contributed by atoms with van der Waals surface area (Å²) in [6.45, 7) is 1.28. The zero-order valence-electron chi connectivity index (χ0n) is 16.5. The number of benzene rings is 1. The fraction of sp³-hybridized carbons (Fsp3) is 0.476. The van der Waals surface area contributed by atoms with E-state index in [1.165, 1.54) is 7.11 Å². The van der Waals surface area contributed by atoms with Gasteiger partial charge in [0, 0.05) is 20.1 Å². The van der Waals surface area contributed by atoms with Gasteiger partial charge < -0.3 is 24.0 Å². The summed E-state index contributed by atoms with van der Waals surface area (Å²) >= 11 is 0. The van der Waals surface area contributed by atoms with Crippen LogP contribution in [-0.2, 0) is 11.8 Å². The molecule has 2 heterocycles. The fourth-order valence-electron chi connectivity index (χ4n) is 4.40. The number of amides is 1. The van der Waals surface area contributed by atoms with Gasteiger partial charge in [0.15, 0.2) is 0 Å². The van der Waals surface area contributed by atoms with Crippen molar-refractivity contribution >= 4 is 11.9 Å². The SMILES string of the molecule is COC(=O)c1cccc(O[C@@H]2C[C@@H]3CN(C(=O)c4cncn4C)C[C@@H]3C[C@H]2O)c1. The number of methoxy groups -OCH3 is 1. The third-order valence-corrected chi connectivity index (χ3v) is 5.95. The smallest absolute Gasteiger partial charge is 0.337 e. The van der Waals surface area contributed by atoms with Gasteiger partial charge >= 0.3 is 5.97 Å². The van der Waals surface area contributed by atoms with Gasteiger partial charge in [-0.2, -0.15) is 0 Å². The monoisotopic (exact) mass is 399 g/mol. The molecular formula is C21H25N3O5. The molecule has 4 rings (SSSR count). The molecule has 8 heteroatoms. The number of carbonyl (C=O) groups is 2. The van der Waals surface area contributed by atoms with Crippen molar-refractivity contribution in [2.75, 3.05) is 20.2 Å². The molecule has 1 N–H and O–H groups in total. The van der Waals surface area contributed by atoms with Gasteiger partial charge in [-0.25, -0.2) is 9.78 Å². The molecular weight excluding hydrogens is 374 g/mol. The molecule has 154 valence electrons. The van der Waals surface area contributed by atoms with Crippen molar-refractivity contribution in [3.8, 4) is 5.75 Å². The number of esters is 1. The van der Waals surface area contributed by atoms with Crippen molar-refractivity contribution in [1.82, 2.24) is 14.5 Å². The lowest BCUT2D eigenvalue weighted by Crippen LogP contribution is -2.42. The quantitative estimate of drug-likeness (QED) is 0.783. The fourth-order valence-corrected chi connectivity index (χ4v) is 4.40. The van der Waals surface area contributed by atoms with Gasteiger partial charge in [-0.3, -0.25) is 4.79 Å². The molecule has 1 aromatic heterocycles. The summed E-state index contributed by atoms with van der Waals surface area (Å²) in [5.74, 6) is 0.584. The highest BCUT2D eigenvalue weighted by molar-refractivity contribution is 5.92. The number of carbonyl (C=O) groups excluding carboxylic acids is 2. The van der Waals surface area contributed by atoms with Gasteiger partial charge in [-0.05, 0) is 42.9 Å². The minimum atomic E-state index is -0.621. The normalized spacial score (nSPS) is 26.1. The number of imidazole rings is 1. The molecule has 2 aromatic rings. The second kappa shape index (κ2) is 7.87. The van der Waals surface area contributed by atoms with Crippen molar-refractivity contribution in [3.63, 3.8) is 0 Å². The highest BCUT2D eigenvalue weighted by atomic mass is 16.5. The van der Waals surface area contributed by atoms with Crippen LogP contribution in [0.3, 0.4) is 0 Å². The standard InChI is InChI=1S/C21H25N3O5/c1-23-12-22-9-17(23)20(26)24-10-14-7-18(25)19(8-15(14)11-24)29-16-5-3-4-13(6-16)21(27)28-2/h3-6,9,12,14-15,18-19,25H,7-8,10-11H2,1-2H3/t14-,15+,18+,19+/m0/s1. The summed E-state index contributed by atoms with van der Waals surface area (Å²) in [6, 6.07) is 6.77. The van der Waals surface area contributed by atoms with Gasteiger partial charge in [0.1, 0.15) is 17.5 Å². The van der Waals surface area contributed by atoms with Crippen LogP contribution in [0.1, 0.15) is 33.7 Å². The second-order valence-electron chi connectivity index (χ2n) is 7.83. The maximum Gasteiger partial charge on any atom is 0.337 e. The molecule has 2 fully saturated rings. The minimum Gasteiger partial charge on any atom is -0.488 e. The average Bonchev–Trinajstić information content (AvgIpc) is 3.33. The van der Waals surface area contributed by atoms with Crippen molar-refractivity contribution in [2.24, 2.45) is 18.9 Å². The van der Waals surface area contributed by atoms with Crippen LogP contribution in [0.5, 0.6) is 5.75 Å². The molecule has 1 aliphatic carbocycles. The van der Waals surface area contributed by atoms with E-state index in [4.69, 9.17) is 9.47 Å². The average molecular weight is 399 g/mol. The Morgan fingerprint density at radius 2 is 1.97 bits per heavy atom. The van der Waals surface area contributed by atoms with Crippen LogP contribution < -0.4 is 4.74 Å². The molecule has 1 aromatic carbocycles. The molecule has 1 amide bonds. The van der Waals surface area contributed by atoms with Gasteiger partial charge in [0.25, 0.3) is 5.91 Å². The Bertz CT molecular complexity index is 911. The molecule has 1 aliphatic heterocycles. The summed E-state index contributed by atoms with van der Waals surface area (Å²) in [5.41, 5.74) is 0.971. The Morgan fingerprint density at radius 1 is 1.21 bits per heavy atom. The predicted octanol–water partition coefficient (Wildman–Crippen LogP) is 1.50. The molecule has 0 bridgehead atoms. The Hall–Kier alpha value is -2.87. The lowest BCUT2D eigenvalue weighted by Gasteiger charge is -2.35. The number of nitrogens with zero attached hydrogens (tertiary/aromatic N) is 3. The van der Waals surface area contributed by atoms with E-state index >= 15 is 0 Å². The minimum absolute atomic E-state index is 0.0304. The highest BCUT2D eigenvalue weighted by Gasteiger charge is 2.44. The van der Waals surface area contributed by atoms with E-state index in [1.54, 1.807) is 48.4 Å². The number of hydrogen-bond donors (Lipinski definition) is 1. The number of likely N-dealkylation sites (tertiary alicyclic amines) is 1. The van der Waals surface area contributed by atoms with Gasteiger partial charge in [-0.1, -0.05) is 6.07 Å². The summed E-state index contributed by atoms with van der Waals surface area (Å²) in [6.07, 6.45) is 3.44. The molecule has 0 radical (unpaired) electrons. The predicted molar refractivity (Wildman–Crippen MR) is 104 cm³/mol. The molecule has 0 spiro atoms. The topological polar surface area (TPSA) is 93.9 Å². The van der Waals surface area contributed by atoms with E-state index in [1.807, 2.05) is 4.90 Å². The molecule has 29 heavy (non-hydrogen) atoms. The van der Waals surface area contributed by atoms with Gasteiger partial charge in [0.05, 0.1) is 31.3 Å². The van der Waals surface area contributed by atoms with Gasteiger partial charge in [0.2, 0.25) is 0 Å². The Labute approximate surface area is 169 Å². The highest BCUT2D eigenvalue weighted by Crippen LogP contribution is 2.38. The summed E-state index contributed by atoms with van der Waals surface area (Å²) in [7, 11) is 3.14. The first-order valence-electron chi connectivity index (χ1n) is 9.75. The zero-order chi connectivity index (χ0) is 20.5. The second-order valence-corrected chi connectivity index (χ2v) is 7.83. The Kier molecular flexibility index (Phi) is 5.27.